The molecule has 34 heavy (non-hydrogen) atoms. The Hall–Kier alpha value is -3.04. The quantitative estimate of drug-likeness (QED) is 0.585. The van der Waals surface area contributed by atoms with Gasteiger partial charge in [0.1, 0.15) is 9.90 Å². The van der Waals surface area contributed by atoms with Crippen LogP contribution >= 0.6 is 11.3 Å². The number of rotatable bonds is 5. The molecule has 0 saturated carbocycles. The minimum absolute atomic E-state index is 0.0509. The lowest BCUT2D eigenvalue weighted by atomic mass is 9.95. The maximum atomic E-state index is 12.7. The van der Waals surface area contributed by atoms with Gasteiger partial charge in [0.05, 0.1) is 5.69 Å². The van der Waals surface area contributed by atoms with Gasteiger partial charge in [-0.1, -0.05) is 42.0 Å². The van der Waals surface area contributed by atoms with Gasteiger partial charge in [0, 0.05) is 48.5 Å². The number of fused-ring (bicyclic) bond motifs is 1. The van der Waals surface area contributed by atoms with Crippen LogP contribution in [0.25, 0.3) is 10.6 Å². The molecule has 1 fully saturated rings. The summed E-state index contributed by atoms with van der Waals surface area (Å²) in [5.41, 5.74) is 3.97. The second kappa shape index (κ2) is 9.31. The van der Waals surface area contributed by atoms with Crippen LogP contribution in [0.5, 0.6) is 0 Å². The molecule has 1 amide bonds. The first-order chi connectivity index (χ1) is 16.4. The molecule has 3 aromatic rings. The van der Waals surface area contributed by atoms with E-state index in [0.717, 1.165) is 16.3 Å². The summed E-state index contributed by atoms with van der Waals surface area (Å²) in [6.45, 7) is 3.82. The molecule has 3 heterocycles. The number of aryl methyl sites for hydroxylation is 1. The van der Waals surface area contributed by atoms with E-state index in [4.69, 9.17) is 4.98 Å². The lowest BCUT2D eigenvalue weighted by Gasteiger charge is -2.32. The number of amides is 1. The highest BCUT2D eigenvalue weighted by molar-refractivity contribution is 7.90. The normalized spacial score (nSPS) is 17.3. The van der Waals surface area contributed by atoms with Gasteiger partial charge in [-0.3, -0.25) is 4.79 Å². The molecule has 5 rings (SSSR count). The van der Waals surface area contributed by atoms with Crippen LogP contribution in [-0.4, -0.2) is 49.7 Å². The summed E-state index contributed by atoms with van der Waals surface area (Å²) < 4.78 is 28.7. The van der Waals surface area contributed by atoms with Crippen LogP contribution in [0.3, 0.4) is 0 Å². The zero-order valence-corrected chi connectivity index (χ0v) is 20.5. The van der Waals surface area contributed by atoms with E-state index in [9.17, 15) is 13.2 Å². The molecule has 0 unspecified atom stereocenters. The van der Waals surface area contributed by atoms with E-state index in [2.05, 4.69) is 40.9 Å². The number of carbonyl (C=O) groups excluding carboxylic acids is 1. The minimum atomic E-state index is -3.63. The second-order valence-electron chi connectivity index (χ2n) is 8.70. The summed E-state index contributed by atoms with van der Waals surface area (Å²) in [5, 5.41) is 6.09. The predicted molar refractivity (Wildman–Crippen MR) is 133 cm³/mol. The highest BCUT2D eigenvalue weighted by Crippen LogP contribution is 2.30. The molecule has 176 valence electrons. The molecular weight excluding hydrogens is 468 g/mol. The number of benzene rings is 2. The van der Waals surface area contributed by atoms with Crippen molar-refractivity contribution in [2.24, 2.45) is 10.3 Å². The van der Waals surface area contributed by atoms with E-state index in [-0.39, 0.29) is 16.7 Å². The van der Waals surface area contributed by atoms with E-state index >= 15 is 0 Å². The Balaban J connectivity index is 1.12. The molecule has 0 bridgehead atoms. The van der Waals surface area contributed by atoms with Gasteiger partial charge in [0.2, 0.25) is 5.91 Å². The fourth-order valence-electron chi connectivity index (χ4n) is 4.38. The molecular formula is C25H26N4O3S2. The number of piperidine rings is 1. The molecule has 2 aliphatic rings. The van der Waals surface area contributed by atoms with Crippen LogP contribution in [-0.2, 0) is 21.2 Å². The Morgan fingerprint density at radius 1 is 1.12 bits per heavy atom. The van der Waals surface area contributed by atoms with Crippen molar-refractivity contribution in [2.75, 3.05) is 19.6 Å². The van der Waals surface area contributed by atoms with Gasteiger partial charge in [0.25, 0.3) is 10.0 Å². The molecule has 0 spiro atoms. The SMILES string of the molecule is Cc1ccc(-c2nc(CCNC(=O)C3CCN(C4=NS(=O)(=O)c5ccccc54)CC3)cs2)cc1. The van der Waals surface area contributed by atoms with E-state index in [1.165, 1.54) is 5.56 Å². The van der Waals surface area contributed by atoms with Crippen LogP contribution in [0, 0.1) is 12.8 Å². The minimum Gasteiger partial charge on any atom is -0.355 e. The van der Waals surface area contributed by atoms with Crippen molar-refractivity contribution in [3.05, 3.63) is 70.7 Å². The monoisotopic (exact) mass is 494 g/mol. The summed E-state index contributed by atoms with van der Waals surface area (Å²) in [5.74, 6) is 0.473. The van der Waals surface area contributed by atoms with E-state index in [1.54, 1.807) is 29.5 Å². The number of sulfonamides is 1. The maximum absolute atomic E-state index is 12.7. The van der Waals surface area contributed by atoms with Crippen molar-refractivity contribution >= 4 is 33.1 Å². The first-order valence-electron chi connectivity index (χ1n) is 11.4. The van der Waals surface area contributed by atoms with Crippen molar-refractivity contribution in [1.82, 2.24) is 15.2 Å². The lowest BCUT2D eigenvalue weighted by molar-refractivity contribution is -0.126. The van der Waals surface area contributed by atoms with Crippen molar-refractivity contribution in [1.29, 1.82) is 0 Å². The average Bonchev–Trinajstić information content (AvgIpc) is 3.42. The fourth-order valence-corrected chi connectivity index (χ4v) is 6.47. The first kappa shape index (κ1) is 22.7. The smallest absolute Gasteiger partial charge is 0.285 e. The Labute approximate surface area is 203 Å². The number of nitrogens with one attached hydrogen (secondary N) is 1. The molecule has 0 atom stereocenters. The Bertz CT molecular complexity index is 1340. The Morgan fingerprint density at radius 3 is 2.62 bits per heavy atom. The second-order valence-corrected chi connectivity index (χ2v) is 11.1. The number of amidine groups is 1. The van der Waals surface area contributed by atoms with Crippen LogP contribution in [0.1, 0.15) is 29.7 Å². The molecule has 7 nitrogen and oxygen atoms in total. The summed E-state index contributed by atoms with van der Waals surface area (Å²) in [4.78, 5) is 19.6. The van der Waals surface area contributed by atoms with Crippen LogP contribution in [0.2, 0.25) is 0 Å². The zero-order chi connectivity index (χ0) is 23.7. The van der Waals surface area contributed by atoms with Gasteiger partial charge in [-0.25, -0.2) is 4.98 Å². The van der Waals surface area contributed by atoms with Gasteiger partial charge < -0.3 is 10.2 Å². The maximum Gasteiger partial charge on any atom is 0.285 e. The van der Waals surface area contributed by atoms with Gasteiger partial charge in [-0.2, -0.15) is 8.42 Å². The van der Waals surface area contributed by atoms with Crippen molar-refractivity contribution in [3.63, 3.8) is 0 Å². The molecule has 2 aromatic carbocycles. The predicted octanol–water partition coefficient (Wildman–Crippen LogP) is 3.64. The van der Waals surface area contributed by atoms with E-state index in [0.29, 0.717) is 50.3 Å². The van der Waals surface area contributed by atoms with E-state index < -0.39 is 10.0 Å². The standard InChI is InChI=1S/C25H26N4O3S2/c1-17-6-8-19(9-7-17)25-27-20(16-33-25)10-13-26-24(30)18-11-14-29(15-12-18)23-21-4-2-3-5-22(21)34(31,32)28-23/h2-9,16,18H,10-15H2,1H3,(H,26,30). The zero-order valence-electron chi connectivity index (χ0n) is 18.9. The van der Waals surface area contributed by atoms with Crippen LogP contribution < -0.4 is 5.32 Å². The fraction of sp³-hybridized carbons (Fsp3) is 0.320. The number of hydrogen-bond donors (Lipinski definition) is 1. The number of carbonyl (C=O) groups is 1. The molecule has 1 aromatic heterocycles. The topological polar surface area (TPSA) is 91.7 Å². The number of thiazole rings is 1. The van der Waals surface area contributed by atoms with Crippen LogP contribution in [0.15, 0.2) is 63.2 Å². The molecule has 0 radical (unpaired) electrons. The van der Waals surface area contributed by atoms with Crippen LogP contribution in [0.4, 0.5) is 0 Å². The molecule has 1 saturated heterocycles. The Kier molecular flexibility index (Phi) is 6.22. The average molecular weight is 495 g/mol. The summed E-state index contributed by atoms with van der Waals surface area (Å²) >= 11 is 1.62. The third-order valence-corrected chi connectivity index (χ3v) is 8.57. The Morgan fingerprint density at radius 2 is 1.85 bits per heavy atom. The molecule has 2 aliphatic heterocycles. The third-order valence-electron chi connectivity index (χ3n) is 6.31. The summed E-state index contributed by atoms with van der Waals surface area (Å²) in [7, 11) is -3.63. The first-order valence-corrected chi connectivity index (χ1v) is 13.7. The third kappa shape index (κ3) is 4.63. The van der Waals surface area contributed by atoms with Gasteiger partial charge in [-0.05, 0) is 31.9 Å². The van der Waals surface area contributed by atoms with Crippen molar-refractivity contribution < 1.29 is 13.2 Å². The molecule has 0 aliphatic carbocycles. The highest BCUT2D eigenvalue weighted by atomic mass is 32.2. The molecule has 9 heteroatoms. The summed E-state index contributed by atoms with van der Waals surface area (Å²) in [6.07, 6.45) is 2.03. The number of aromatic nitrogens is 1. The van der Waals surface area contributed by atoms with Gasteiger partial charge in [-0.15, -0.1) is 15.7 Å². The number of hydrogen-bond acceptors (Lipinski definition) is 6. The van der Waals surface area contributed by atoms with Crippen molar-refractivity contribution in [3.8, 4) is 10.6 Å². The number of likely N-dealkylation sites (tertiary alicyclic amines) is 1. The van der Waals surface area contributed by atoms with Gasteiger partial charge in [0.15, 0.2) is 5.84 Å². The van der Waals surface area contributed by atoms with E-state index in [1.807, 2.05) is 16.3 Å². The van der Waals surface area contributed by atoms with Gasteiger partial charge >= 0.3 is 0 Å². The lowest BCUT2D eigenvalue weighted by Crippen LogP contribution is -2.43. The largest absolute Gasteiger partial charge is 0.355 e. The molecule has 1 N–H and O–H groups in total. The number of nitrogens with zero attached hydrogens (tertiary/aromatic N) is 3. The highest BCUT2D eigenvalue weighted by Gasteiger charge is 2.34. The van der Waals surface area contributed by atoms with Crippen molar-refractivity contribution in [2.45, 2.75) is 31.1 Å². The summed E-state index contributed by atoms with van der Waals surface area (Å²) in [6, 6.07) is 15.2.